The van der Waals surface area contributed by atoms with E-state index in [2.05, 4.69) is 18.7 Å². The number of hydrogen-bond donors (Lipinski definition) is 0. The second-order valence-electron chi connectivity index (χ2n) is 4.38. The van der Waals surface area contributed by atoms with Crippen LogP contribution in [0.15, 0.2) is 0 Å². The first-order valence-corrected chi connectivity index (χ1v) is 6.58. The molecule has 0 aromatic carbocycles. The maximum absolute atomic E-state index is 6.33. The first-order chi connectivity index (χ1) is 6.77. The molecule has 0 heterocycles. The number of rotatable bonds is 5. The molecular formula is C12H24ClN. The van der Waals surface area contributed by atoms with Gasteiger partial charge in [-0.25, -0.2) is 0 Å². The number of nitrogens with zero attached hydrogens (tertiary/aromatic N) is 1. The van der Waals surface area contributed by atoms with Gasteiger partial charge in [0.2, 0.25) is 0 Å². The average molecular weight is 218 g/mol. The first kappa shape index (κ1) is 12.3. The van der Waals surface area contributed by atoms with Gasteiger partial charge in [0.1, 0.15) is 0 Å². The van der Waals surface area contributed by atoms with Crippen LogP contribution < -0.4 is 0 Å². The Kier molecular flexibility index (Phi) is 5.88. The van der Waals surface area contributed by atoms with E-state index in [9.17, 15) is 0 Å². The van der Waals surface area contributed by atoms with Gasteiger partial charge in [0.05, 0.1) is 0 Å². The Bertz CT molecular complexity index is 145. The highest BCUT2D eigenvalue weighted by atomic mass is 35.5. The van der Waals surface area contributed by atoms with Gasteiger partial charge in [-0.05, 0) is 44.8 Å². The van der Waals surface area contributed by atoms with Crippen LogP contribution in [0.3, 0.4) is 0 Å². The summed E-state index contributed by atoms with van der Waals surface area (Å²) in [6.07, 6.45) is 6.64. The number of alkyl halides is 1. The Hall–Kier alpha value is 0.250. The lowest BCUT2D eigenvalue weighted by molar-refractivity contribution is 0.251. The summed E-state index contributed by atoms with van der Waals surface area (Å²) in [6.45, 7) is 8.07. The van der Waals surface area contributed by atoms with E-state index in [4.69, 9.17) is 11.6 Å². The highest BCUT2D eigenvalue weighted by molar-refractivity contribution is 6.20. The van der Waals surface area contributed by atoms with E-state index < -0.39 is 0 Å². The Morgan fingerprint density at radius 2 is 1.79 bits per heavy atom. The average Bonchev–Trinajstić information content (AvgIpc) is 2.22. The van der Waals surface area contributed by atoms with Gasteiger partial charge < -0.3 is 4.90 Å². The Labute approximate surface area is 93.8 Å². The Balaban J connectivity index is 2.21. The predicted molar refractivity (Wildman–Crippen MR) is 64.0 cm³/mol. The molecule has 0 radical (unpaired) electrons. The van der Waals surface area contributed by atoms with Crippen LogP contribution >= 0.6 is 11.6 Å². The van der Waals surface area contributed by atoms with Crippen LogP contribution in [0.1, 0.15) is 46.0 Å². The first-order valence-electron chi connectivity index (χ1n) is 6.14. The summed E-state index contributed by atoms with van der Waals surface area (Å²) in [6, 6.07) is 0. The van der Waals surface area contributed by atoms with Crippen LogP contribution in [0.2, 0.25) is 0 Å². The minimum absolute atomic E-state index is 0.458. The van der Waals surface area contributed by atoms with Crippen molar-refractivity contribution in [2.75, 3.05) is 19.6 Å². The van der Waals surface area contributed by atoms with Crippen molar-refractivity contribution in [2.24, 2.45) is 5.92 Å². The van der Waals surface area contributed by atoms with Crippen LogP contribution in [0.25, 0.3) is 0 Å². The van der Waals surface area contributed by atoms with E-state index in [-0.39, 0.29) is 0 Å². The second-order valence-corrected chi connectivity index (χ2v) is 4.94. The molecule has 1 fully saturated rings. The molecule has 0 aromatic heterocycles. The van der Waals surface area contributed by atoms with E-state index in [1.54, 1.807) is 0 Å². The molecule has 0 aromatic rings. The van der Waals surface area contributed by atoms with E-state index >= 15 is 0 Å². The number of halogens is 1. The molecule has 1 saturated carbocycles. The molecule has 1 aliphatic carbocycles. The third-order valence-corrected chi connectivity index (χ3v) is 4.10. The van der Waals surface area contributed by atoms with Gasteiger partial charge in [0.15, 0.2) is 0 Å². The molecule has 0 spiro atoms. The second kappa shape index (κ2) is 6.68. The molecule has 2 atom stereocenters. The van der Waals surface area contributed by atoms with Gasteiger partial charge >= 0.3 is 0 Å². The van der Waals surface area contributed by atoms with Crippen LogP contribution in [0.5, 0.6) is 0 Å². The van der Waals surface area contributed by atoms with Gasteiger partial charge in [0, 0.05) is 5.38 Å². The molecule has 0 bridgehead atoms. The Morgan fingerprint density at radius 3 is 2.36 bits per heavy atom. The van der Waals surface area contributed by atoms with Gasteiger partial charge in [-0.15, -0.1) is 11.6 Å². The molecule has 1 aliphatic rings. The lowest BCUT2D eigenvalue weighted by Crippen LogP contribution is -2.29. The van der Waals surface area contributed by atoms with E-state index in [0.29, 0.717) is 5.38 Å². The molecule has 0 N–H and O–H groups in total. The monoisotopic (exact) mass is 217 g/mol. The van der Waals surface area contributed by atoms with E-state index in [0.717, 1.165) is 5.92 Å². The summed E-state index contributed by atoms with van der Waals surface area (Å²) in [5.74, 6) is 0.783. The Morgan fingerprint density at radius 1 is 1.14 bits per heavy atom. The molecular weight excluding hydrogens is 194 g/mol. The minimum Gasteiger partial charge on any atom is -0.304 e. The quantitative estimate of drug-likeness (QED) is 0.637. The summed E-state index contributed by atoms with van der Waals surface area (Å²) < 4.78 is 0. The highest BCUT2D eigenvalue weighted by Gasteiger charge is 2.22. The summed E-state index contributed by atoms with van der Waals surface area (Å²) in [5, 5.41) is 0.458. The standard InChI is InChI=1S/C12H24ClN/c1-3-14(4-2)10-9-11-7-5-6-8-12(11)13/h11-12H,3-10H2,1-2H3. The third kappa shape index (κ3) is 3.78. The van der Waals surface area contributed by atoms with Crippen molar-refractivity contribution in [1.82, 2.24) is 4.90 Å². The van der Waals surface area contributed by atoms with Crippen molar-refractivity contribution in [3.63, 3.8) is 0 Å². The van der Waals surface area contributed by atoms with Gasteiger partial charge in [0.25, 0.3) is 0 Å². The fourth-order valence-corrected chi connectivity index (χ4v) is 2.78. The largest absolute Gasteiger partial charge is 0.304 e. The normalized spacial score (nSPS) is 28.3. The minimum atomic E-state index is 0.458. The lowest BCUT2D eigenvalue weighted by Gasteiger charge is -2.29. The summed E-state index contributed by atoms with van der Waals surface area (Å²) in [7, 11) is 0. The molecule has 0 aliphatic heterocycles. The lowest BCUT2D eigenvalue weighted by atomic mass is 9.86. The van der Waals surface area contributed by atoms with Crippen LogP contribution in [-0.2, 0) is 0 Å². The maximum Gasteiger partial charge on any atom is 0.0364 e. The third-order valence-electron chi connectivity index (χ3n) is 3.53. The molecule has 2 heteroatoms. The van der Waals surface area contributed by atoms with Gasteiger partial charge in [-0.1, -0.05) is 26.7 Å². The molecule has 1 rings (SSSR count). The topological polar surface area (TPSA) is 3.24 Å². The zero-order valence-electron chi connectivity index (χ0n) is 9.64. The fraction of sp³-hybridized carbons (Fsp3) is 1.00. The van der Waals surface area contributed by atoms with Crippen molar-refractivity contribution >= 4 is 11.6 Å². The number of hydrogen-bond acceptors (Lipinski definition) is 1. The summed E-state index contributed by atoms with van der Waals surface area (Å²) in [4.78, 5) is 2.50. The predicted octanol–water partition coefficient (Wildman–Crippen LogP) is 3.52. The molecule has 2 unspecified atom stereocenters. The summed E-state index contributed by atoms with van der Waals surface area (Å²) >= 11 is 6.33. The zero-order chi connectivity index (χ0) is 10.4. The zero-order valence-corrected chi connectivity index (χ0v) is 10.4. The molecule has 84 valence electrons. The van der Waals surface area contributed by atoms with E-state index in [1.807, 2.05) is 0 Å². The van der Waals surface area contributed by atoms with Crippen LogP contribution in [0.4, 0.5) is 0 Å². The smallest absolute Gasteiger partial charge is 0.0364 e. The van der Waals surface area contributed by atoms with Crippen molar-refractivity contribution in [3.8, 4) is 0 Å². The van der Waals surface area contributed by atoms with E-state index in [1.165, 1.54) is 51.7 Å². The van der Waals surface area contributed by atoms with Crippen molar-refractivity contribution in [3.05, 3.63) is 0 Å². The molecule has 0 saturated heterocycles. The van der Waals surface area contributed by atoms with Crippen molar-refractivity contribution in [2.45, 2.75) is 51.3 Å². The van der Waals surface area contributed by atoms with Gasteiger partial charge in [-0.2, -0.15) is 0 Å². The van der Waals surface area contributed by atoms with Crippen LogP contribution in [0, 0.1) is 5.92 Å². The highest BCUT2D eigenvalue weighted by Crippen LogP contribution is 2.30. The van der Waals surface area contributed by atoms with Crippen molar-refractivity contribution in [1.29, 1.82) is 0 Å². The maximum atomic E-state index is 6.33. The van der Waals surface area contributed by atoms with Crippen LogP contribution in [-0.4, -0.2) is 29.9 Å². The molecule has 0 amide bonds. The SMILES string of the molecule is CCN(CC)CCC1CCCCC1Cl. The molecule has 1 nitrogen and oxygen atoms in total. The molecule has 14 heavy (non-hydrogen) atoms. The summed E-state index contributed by atoms with van der Waals surface area (Å²) in [5.41, 5.74) is 0. The fourth-order valence-electron chi connectivity index (χ4n) is 2.38. The van der Waals surface area contributed by atoms with Gasteiger partial charge in [-0.3, -0.25) is 0 Å². The van der Waals surface area contributed by atoms with Crippen molar-refractivity contribution < 1.29 is 0 Å².